The fraction of sp³-hybridized carbons (Fsp3) is 0.371. The van der Waals surface area contributed by atoms with Gasteiger partial charge in [0.15, 0.2) is 0 Å². The molecule has 8 heteroatoms. The Bertz CT molecular complexity index is 1490. The number of benzene rings is 3. The van der Waals surface area contributed by atoms with E-state index in [1.807, 2.05) is 52.1 Å². The smallest absolute Gasteiger partial charge is 0.222 e. The number of amides is 1. The first-order valence-electron chi connectivity index (χ1n) is 14.9. The van der Waals surface area contributed by atoms with E-state index in [-0.39, 0.29) is 18.2 Å². The molecule has 6 rings (SSSR count). The summed E-state index contributed by atoms with van der Waals surface area (Å²) < 4.78 is 13.2. The van der Waals surface area contributed by atoms with Crippen molar-refractivity contribution >= 4 is 5.91 Å². The second-order valence-electron chi connectivity index (χ2n) is 11.7. The van der Waals surface area contributed by atoms with Crippen LogP contribution >= 0.6 is 0 Å². The Balaban J connectivity index is 1.46. The lowest BCUT2D eigenvalue weighted by Gasteiger charge is -2.55. The molecule has 1 aliphatic heterocycles. The summed E-state index contributed by atoms with van der Waals surface area (Å²) in [5, 5.41) is 25.0. The zero-order valence-corrected chi connectivity index (χ0v) is 24.7. The zero-order chi connectivity index (χ0) is 30.0. The molecule has 224 valence electrons. The first-order chi connectivity index (χ1) is 20.9. The van der Waals surface area contributed by atoms with Crippen LogP contribution in [0.25, 0.3) is 0 Å². The third kappa shape index (κ3) is 4.98. The van der Waals surface area contributed by atoms with Gasteiger partial charge in [0, 0.05) is 55.3 Å². The molecule has 0 spiro atoms. The molecular formula is C35H39N3O5. The van der Waals surface area contributed by atoms with Crippen molar-refractivity contribution in [3.63, 3.8) is 0 Å². The van der Waals surface area contributed by atoms with Crippen LogP contribution in [0.4, 0.5) is 0 Å². The zero-order valence-electron chi connectivity index (χ0n) is 24.7. The van der Waals surface area contributed by atoms with Crippen molar-refractivity contribution in [2.45, 2.75) is 42.9 Å². The lowest BCUT2D eigenvalue weighted by molar-refractivity contribution is -0.168. The summed E-state index contributed by atoms with van der Waals surface area (Å²) in [4.78, 5) is 19.7. The minimum atomic E-state index is -1.69. The molecule has 2 aliphatic rings. The van der Waals surface area contributed by atoms with E-state index >= 15 is 0 Å². The van der Waals surface area contributed by atoms with Crippen LogP contribution in [0.2, 0.25) is 0 Å². The molecule has 1 aromatic heterocycles. The Hall–Kier alpha value is -4.14. The number of carbonyl (C=O) groups excluding carboxylic acids is 1. The summed E-state index contributed by atoms with van der Waals surface area (Å²) >= 11 is 0. The summed E-state index contributed by atoms with van der Waals surface area (Å²) in [7, 11) is 3.13. The Kier molecular flexibility index (Phi) is 7.99. The number of likely N-dealkylation sites (tertiary alicyclic amines) is 1. The quantitative estimate of drug-likeness (QED) is 0.304. The topological polar surface area (TPSA) is 97.0 Å². The molecule has 1 amide bonds. The van der Waals surface area contributed by atoms with Gasteiger partial charge in [-0.3, -0.25) is 4.79 Å². The van der Waals surface area contributed by atoms with E-state index in [0.717, 1.165) is 11.1 Å². The van der Waals surface area contributed by atoms with Gasteiger partial charge in [0.25, 0.3) is 0 Å². The molecule has 1 saturated heterocycles. The number of aryl methyl sites for hydroxylation is 1. The van der Waals surface area contributed by atoms with Crippen molar-refractivity contribution in [1.29, 1.82) is 0 Å². The number of aliphatic hydroxyl groups excluding tert-OH is 1. The number of aromatic nitrogens is 2. The number of fused-ring (bicyclic) bond motifs is 1. The van der Waals surface area contributed by atoms with E-state index in [1.165, 1.54) is 0 Å². The normalized spacial score (nSPS) is 24.4. The number of imidazole rings is 1. The second kappa shape index (κ2) is 11.9. The van der Waals surface area contributed by atoms with Crippen molar-refractivity contribution in [3.05, 3.63) is 114 Å². The highest BCUT2D eigenvalue weighted by Gasteiger charge is 2.65. The Morgan fingerprint density at radius 2 is 1.63 bits per heavy atom. The van der Waals surface area contributed by atoms with Crippen molar-refractivity contribution in [1.82, 2.24) is 14.5 Å². The fourth-order valence-corrected chi connectivity index (χ4v) is 7.61. The van der Waals surface area contributed by atoms with Gasteiger partial charge in [0.1, 0.15) is 17.1 Å². The molecule has 0 radical (unpaired) electrons. The molecule has 4 aromatic rings. The second-order valence-corrected chi connectivity index (χ2v) is 11.7. The third-order valence-corrected chi connectivity index (χ3v) is 9.68. The van der Waals surface area contributed by atoms with Crippen LogP contribution in [0.1, 0.15) is 36.0 Å². The summed E-state index contributed by atoms with van der Waals surface area (Å²) in [5.74, 6) is 0.382. The van der Waals surface area contributed by atoms with Gasteiger partial charge in [-0.1, -0.05) is 60.7 Å². The number of rotatable bonds is 9. The molecule has 43 heavy (non-hydrogen) atoms. The van der Waals surface area contributed by atoms with E-state index in [2.05, 4.69) is 29.2 Å². The van der Waals surface area contributed by atoms with Crippen LogP contribution in [0.5, 0.6) is 11.5 Å². The number of hydrogen-bond acceptors (Lipinski definition) is 6. The van der Waals surface area contributed by atoms with Crippen molar-refractivity contribution < 1.29 is 24.5 Å². The van der Waals surface area contributed by atoms with E-state index in [9.17, 15) is 15.0 Å². The Labute approximate surface area is 252 Å². The molecule has 4 atom stereocenters. The van der Waals surface area contributed by atoms with Crippen LogP contribution in [-0.2, 0) is 22.4 Å². The molecular weight excluding hydrogens is 542 g/mol. The third-order valence-electron chi connectivity index (χ3n) is 9.68. The molecule has 3 aromatic carbocycles. The largest absolute Gasteiger partial charge is 0.497 e. The summed E-state index contributed by atoms with van der Waals surface area (Å²) in [6.45, 7) is 1.47. The Morgan fingerprint density at radius 3 is 2.23 bits per heavy atom. The van der Waals surface area contributed by atoms with Gasteiger partial charge >= 0.3 is 0 Å². The summed E-state index contributed by atoms with van der Waals surface area (Å²) in [5.41, 5.74) is 0.259. The molecule has 2 N–H and O–H groups in total. The van der Waals surface area contributed by atoms with Crippen LogP contribution in [0.3, 0.4) is 0 Å². The molecule has 0 bridgehead atoms. The van der Waals surface area contributed by atoms with Gasteiger partial charge in [0.05, 0.1) is 26.7 Å². The maximum Gasteiger partial charge on any atom is 0.222 e. The number of methoxy groups -OCH3 is 2. The fourth-order valence-electron chi connectivity index (χ4n) is 7.61. The molecule has 8 nitrogen and oxygen atoms in total. The SMILES string of the molecule is COc1ccc(OC)c([C@@]2(O)[C@H](O)CC(c3ccccc3)(c3ccccc3)[C@@H]3CN(C(=O)CCCn4ccnc4)C[C@@H]32)c1. The number of nitrogens with zero attached hydrogens (tertiary/aromatic N) is 3. The molecule has 2 fully saturated rings. The lowest BCUT2D eigenvalue weighted by Crippen LogP contribution is -2.60. The maximum absolute atomic E-state index is 13.8. The first kappa shape index (κ1) is 29.0. The van der Waals surface area contributed by atoms with E-state index in [1.54, 1.807) is 44.9 Å². The van der Waals surface area contributed by atoms with Crippen molar-refractivity contribution in [3.8, 4) is 11.5 Å². The highest BCUT2D eigenvalue weighted by Crippen LogP contribution is 2.60. The monoisotopic (exact) mass is 581 g/mol. The molecule has 0 unspecified atom stereocenters. The molecule has 1 aliphatic carbocycles. The lowest BCUT2D eigenvalue weighted by atomic mass is 9.51. The predicted molar refractivity (Wildman–Crippen MR) is 163 cm³/mol. The Morgan fingerprint density at radius 1 is 0.953 bits per heavy atom. The highest BCUT2D eigenvalue weighted by molar-refractivity contribution is 5.76. The molecule has 1 saturated carbocycles. The van der Waals surface area contributed by atoms with Gasteiger partial charge in [-0.05, 0) is 48.1 Å². The van der Waals surface area contributed by atoms with Gasteiger partial charge < -0.3 is 29.2 Å². The number of hydrogen-bond donors (Lipinski definition) is 2. The van der Waals surface area contributed by atoms with Crippen LogP contribution in [0, 0.1) is 11.8 Å². The van der Waals surface area contributed by atoms with Gasteiger partial charge in [-0.2, -0.15) is 0 Å². The first-order valence-corrected chi connectivity index (χ1v) is 14.9. The minimum Gasteiger partial charge on any atom is -0.497 e. The van der Waals surface area contributed by atoms with Gasteiger partial charge in [-0.25, -0.2) is 4.98 Å². The van der Waals surface area contributed by atoms with Crippen LogP contribution in [0.15, 0.2) is 97.6 Å². The maximum atomic E-state index is 13.8. The van der Waals surface area contributed by atoms with Gasteiger partial charge in [-0.15, -0.1) is 0 Å². The van der Waals surface area contributed by atoms with Crippen LogP contribution < -0.4 is 9.47 Å². The molecule has 2 heterocycles. The van der Waals surface area contributed by atoms with E-state index in [0.29, 0.717) is 49.5 Å². The minimum absolute atomic E-state index is 0.0407. The summed E-state index contributed by atoms with van der Waals surface area (Å²) in [6.07, 6.45) is 5.55. The van der Waals surface area contributed by atoms with E-state index in [4.69, 9.17) is 9.47 Å². The predicted octanol–water partition coefficient (Wildman–Crippen LogP) is 4.39. The van der Waals surface area contributed by atoms with Crippen LogP contribution in [-0.4, -0.2) is 64.0 Å². The number of ether oxygens (including phenoxy) is 2. The van der Waals surface area contributed by atoms with Gasteiger partial charge in [0.2, 0.25) is 5.91 Å². The van der Waals surface area contributed by atoms with E-state index < -0.39 is 23.0 Å². The number of carbonyl (C=O) groups is 1. The highest BCUT2D eigenvalue weighted by atomic mass is 16.5. The standard InChI is InChI=1S/C35H39N3O5/c1-42-27-15-16-31(43-2)28(20-27)35(41)30-23-38(33(40)14-9-18-37-19-17-36-24-37)22-29(30)34(21-32(35)39,25-10-5-3-6-11-25)26-12-7-4-8-13-26/h3-8,10-13,15-17,19-20,24,29-30,32,39,41H,9,14,18,21-23H2,1-2H3/t29-,30+,32-,35+/m1/s1. The van der Waals surface area contributed by atoms with Crippen molar-refractivity contribution in [2.24, 2.45) is 11.8 Å². The number of aliphatic hydroxyl groups is 2. The summed E-state index contributed by atoms with van der Waals surface area (Å²) in [6, 6.07) is 25.7. The average Bonchev–Trinajstić information content (AvgIpc) is 3.75. The van der Waals surface area contributed by atoms with Crippen molar-refractivity contribution in [2.75, 3.05) is 27.3 Å². The average molecular weight is 582 g/mol.